The van der Waals surface area contributed by atoms with E-state index < -0.39 is 7.69 Å². The van der Waals surface area contributed by atoms with Crippen molar-refractivity contribution in [2.75, 3.05) is 0 Å². The maximum absolute atomic E-state index is 7.12. The van der Waals surface area contributed by atoms with Crippen LogP contribution in [0.1, 0.15) is 0 Å². The molecule has 0 saturated heterocycles. The van der Waals surface area contributed by atoms with E-state index >= 15 is 0 Å². The fourth-order valence-corrected chi connectivity index (χ4v) is 0.527. The molecule has 7 heteroatoms. The van der Waals surface area contributed by atoms with E-state index in [9.17, 15) is 0 Å². The smallest absolute Gasteiger partial charge is 0.0791 e. The molecular weight excluding hydrogens is 164 g/mol. The van der Waals surface area contributed by atoms with Gasteiger partial charge in [-0.05, 0) is 0 Å². The third-order valence-corrected chi connectivity index (χ3v) is 0.869. The second-order valence-corrected chi connectivity index (χ2v) is 1.57. The predicted octanol–water partition coefficient (Wildman–Crippen LogP) is -2.09. The molecule has 54 valence electrons. The van der Waals surface area contributed by atoms with Crippen LogP contribution in [-0.2, 0) is 0 Å². The van der Waals surface area contributed by atoms with Crippen LogP contribution in [0.15, 0.2) is 17.1 Å². The molecule has 0 aliphatic rings. The van der Waals surface area contributed by atoms with Gasteiger partial charge in [-0.15, -0.1) is 11.3 Å². The number of hydrogen-bond acceptors (Lipinski definition) is 4. The summed E-state index contributed by atoms with van der Waals surface area (Å²) in [6.07, 6.45) is 1.77. The summed E-state index contributed by atoms with van der Waals surface area (Å²) in [7, 11) is -0.750. The number of aromatic nitrogens is 1. The minimum absolute atomic E-state index is 0. The molecule has 0 atom stereocenters. The largest absolute Gasteiger partial charge is 0.253 e. The first-order valence-corrected chi connectivity index (χ1v) is 2.90. The van der Waals surface area contributed by atoms with Gasteiger partial charge in [0.05, 0.1) is 5.51 Å². The van der Waals surface area contributed by atoms with Crippen molar-refractivity contribution in [1.29, 1.82) is 0 Å². The first kappa shape index (κ1) is 16.9. The average molecular weight is 173 g/mol. The van der Waals surface area contributed by atoms with Crippen LogP contribution < -0.4 is 0 Å². The minimum atomic E-state index is -0.750. The molecule has 0 bridgehead atoms. The summed E-state index contributed by atoms with van der Waals surface area (Å²) in [5.41, 5.74) is 1.79. The Morgan fingerprint density at radius 1 is 1.40 bits per heavy atom. The Labute approximate surface area is 85.8 Å². The van der Waals surface area contributed by atoms with Crippen LogP contribution in [0.4, 0.5) is 0 Å². The zero-order valence-corrected chi connectivity index (χ0v) is 5.51. The van der Waals surface area contributed by atoms with Crippen LogP contribution in [0.3, 0.4) is 0 Å². The Bertz CT molecular complexity index is 90.6. The summed E-state index contributed by atoms with van der Waals surface area (Å²) >= 11 is 1.60. The molecule has 10 heavy (non-hydrogen) atoms. The van der Waals surface area contributed by atoms with Crippen molar-refractivity contribution in [3.63, 3.8) is 0 Å². The van der Waals surface area contributed by atoms with Crippen molar-refractivity contribution < 1.29 is 15.5 Å². The summed E-state index contributed by atoms with van der Waals surface area (Å²) in [5.74, 6) is 0. The van der Waals surface area contributed by atoms with Gasteiger partial charge >= 0.3 is 37.2 Å². The molecule has 0 aliphatic carbocycles. The van der Waals surface area contributed by atoms with Crippen LogP contribution in [0, 0.1) is 0 Å². The van der Waals surface area contributed by atoms with Gasteiger partial charge in [-0.3, -0.25) is 4.98 Å². The Morgan fingerprint density at radius 2 is 1.90 bits per heavy atom. The zero-order chi connectivity index (χ0) is 6.24. The molecular formula is C3H9BNNaO3S. The number of thiazole rings is 1. The fourth-order valence-electron chi connectivity index (χ4n) is 0.176. The second-order valence-electron chi connectivity index (χ2n) is 0.817. The predicted molar refractivity (Wildman–Crippen MR) is 44.5 cm³/mol. The van der Waals surface area contributed by atoms with E-state index in [1.54, 1.807) is 23.0 Å². The van der Waals surface area contributed by atoms with Gasteiger partial charge in [0, 0.05) is 11.6 Å². The van der Waals surface area contributed by atoms with E-state index in [1.807, 2.05) is 5.38 Å². The molecule has 0 spiro atoms. The van der Waals surface area contributed by atoms with Crippen molar-refractivity contribution in [1.82, 2.24) is 4.98 Å². The first-order chi connectivity index (χ1) is 3.91. The van der Waals surface area contributed by atoms with Gasteiger partial charge in [-0.2, -0.15) is 0 Å². The average Bonchev–Trinajstić information content (AvgIpc) is 2.17. The topological polar surface area (TPSA) is 84.9 Å². The standard InChI is InChI=1S/C3H3NS.BH3O2.Na.H2O.H/c1-2-5-3-4-1;2-1-3;;;/h1-3H;1-3H;;1H2;. The van der Waals surface area contributed by atoms with Crippen molar-refractivity contribution in [2.24, 2.45) is 0 Å². The Balaban J connectivity index is -0.0000000900. The van der Waals surface area contributed by atoms with E-state index in [0.29, 0.717) is 0 Å². The van der Waals surface area contributed by atoms with Gasteiger partial charge in [-0.1, -0.05) is 0 Å². The van der Waals surface area contributed by atoms with Crippen molar-refractivity contribution in [3.05, 3.63) is 17.1 Å². The molecule has 1 rings (SSSR count). The van der Waals surface area contributed by atoms with Crippen molar-refractivity contribution >= 4 is 48.6 Å². The fraction of sp³-hybridized carbons (Fsp3) is 0. The van der Waals surface area contributed by atoms with Crippen LogP contribution in [0.25, 0.3) is 0 Å². The maximum Gasteiger partial charge on any atom is 0.0791 e. The first-order valence-electron chi connectivity index (χ1n) is 1.95. The van der Waals surface area contributed by atoms with Gasteiger partial charge in [-0.25, -0.2) is 0 Å². The molecule has 0 radical (unpaired) electrons. The number of rotatable bonds is 0. The summed E-state index contributed by atoms with van der Waals surface area (Å²) in [4.78, 5) is 3.74. The summed E-state index contributed by atoms with van der Waals surface area (Å²) in [5, 5.41) is 16.2. The van der Waals surface area contributed by atoms with Gasteiger partial charge in [0.1, 0.15) is 0 Å². The van der Waals surface area contributed by atoms with E-state index in [4.69, 9.17) is 10.0 Å². The second kappa shape index (κ2) is 16.3. The van der Waals surface area contributed by atoms with Gasteiger partial charge in [0.2, 0.25) is 0 Å². The Morgan fingerprint density at radius 3 is 2.00 bits per heavy atom. The SMILES string of the molecule is O.OBO.[NaH].c1cscn1. The molecule has 0 fully saturated rings. The Hall–Kier alpha value is 0.575. The third-order valence-electron chi connectivity index (χ3n) is 0.347. The number of nitrogens with zero attached hydrogens (tertiary/aromatic N) is 1. The molecule has 1 heterocycles. The van der Waals surface area contributed by atoms with E-state index in [2.05, 4.69) is 4.98 Å². The van der Waals surface area contributed by atoms with Gasteiger partial charge in [0.25, 0.3) is 0 Å². The summed E-state index contributed by atoms with van der Waals surface area (Å²) in [6.45, 7) is 0. The van der Waals surface area contributed by atoms with Crippen LogP contribution in [0.5, 0.6) is 0 Å². The molecule has 0 aromatic carbocycles. The number of hydrogen-bond donors (Lipinski definition) is 2. The maximum atomic E-state index is 7.12. The van der Waals surface area contributed by atoms with Gasteiger partial charge < -0.3 is 15.5 Å². The quantitative estimate of drug-likeness (QED) is 0.441. The molecule has 1 aromatic rings. The third kappa shape index (κ3) is 15.8. The van der Waals surface area contributed by atoms with E-state index in [-0.39, 0.29) is 35.0 Å². The minimum Gasteiger partial charge on any atom is -0.253 e. The molecule has 4 nitrogen and oxygen atoms in total. The Kier molecular flexibility index (Phi) is 27.5. The molecule has 4 N–H and O–H groups in total. The normalized spacial score (nSPS) is 5.40. The van der Waals surface area contributed by atoms with Crippen molar-refractivity contribution in [3.8, 4) is 0 Å². The molecule has 1 aromatic heterocycles. The van der Waals surface area contributed by atoms with Crippen LogP contribution in [0.2, 0.25) is 0 Å². The molecule has 0 aliphatic heterocycles. The molecule has 0 saturated carbocycles. The summed E-state index contributed by atoms with van der Waals surface area (Å²) in [6, 6.07) is 0. The monoisotopic (exact) mass is 173 g/mol. The van der Waals surface area contributed by atoms with E-state index in [0.717, 1.165) is 0 Å². The van der Waals surface area contributed by atoms with Crippen LogP contribution in [-0.4, -0.2) is 57.8 Å². The molecule has 0 unspecified atom stereocenters. The zero-order valence-electron chi connectivity index (χ0n) is 4.69. The van der Waals surface area contributed by atoms with Crippen molar-refractivity contribution in [2.45, 2.75) is 0 Å². The molecule has 0 amide bonds. The van der Waals surface area contributed by atoms with E-state index in [1.165, 1.54) is 0 Å². The summed E-state index contributed by atoms with van der Waals surface area (Å²) < 4.78 is 0. The van der Waals surface area contributed by atoms with Crippen LogP contribution >= 0.6 is 11.3 Å². The van der Waals surface area contributed by atoms with Gasteiger partial charge in [0.15, 0.2) is 0 Å².